The van der Waals surface area contributed by atoms with Gasteiger partial charge in [0.15, 0.2) is 0 Å². The Morgan fingerprint density at radius 2 is 2.27 bits per heavy atom. The van der Waals surface area contributed by atoms with E-state index < -0.39 is 0 Å². The lowest BCUT2D eigenvalue weighted by Gasteiger charge is -2.27. The van der Waals surface area contributed by atoms with E-state index in [1.54, 1.807) is 7.11 Å². The lowest BCUT2D eigenvalue weighted by Crippen LogP contribution is -2.45. The smallest absolute Gasteiger partial charge is 0.121 e. The van der Waals surface area contributed by atoms with Crippen molar-refractivity contribution in [1.29, 1.82) is 0 Å². The molecule has 0 radical (unpaired) electrons. The molecule has 1 aromatic rings. The normalized spacial score (nSPS) is 16.1. The summed E-state index contributed by atoms with van der Waals surface area (Å²) in [6.07, 6.45) is 0. The summed E-state index contributed by atoms with van der Waals surface area (Å²) in [5, 5.41) is 3.43. The Balaban J connectivity index is 1.93. The van der Waals surface area contributed by atoms with Crippen LogP contribution >= 0.6 is 0 Å². The SMILES string of the molecule is COc1ccc(CNC2COC2)cc1C. The van der Waals surface area contributed by atoms with E-state index in [1.165, 1.54) is 11.1 Å². The van der Waals surface area contributed by atoms with Gasteiger partial charge in [0.2, 0.25) is 0 Å². The number of hydrogen-bond donors (Lipinski definition) is 1. The van der Waals surface area contributed by atoms with Crippen molar-refractivity contribution in [3.05, 3.63) is 29.3 Å². The molecule has 0 amide bonds. The van der Waals surface area contributed by atoms with Crippen LogP contribution in [-0.4, -0.2) is 26.4 Å². The molecule has 0 atom stereocenters. The minimum Gasteiger partial charge on any atom is -0.496 e. The zero-order chi connectivity index (χ0) is 10.7. The minimum absolute atomic E-state index is 0.535. The number of nitrogens with one attached hydrogen (secondary N) is 1. The average molecular weight is 207 g/mol. The zero-order valence-corrected chi connectivity index (χ0v) is 9.25. The molecule has 3 heteroatoms. The van der Waals surface area contributed by atoms with Gasteiger partial charge in [0, 0.05) is 6.54 Å². The predicted molar refractivity (Wildman–Crippen MR) is 59.2 cm³/mol. The van der Waals surface area contributed by atoms with Crippen LogP contribution in [0.4, 0.5) is 0 Å². The molecule has 3 nitrogen and oxygen atoms in total. The van der Waals surface area contributed by atoms with Gasteiger partial charge in [-0.1, -0.05) is 12.1 Å². The maximum atomic E-state index is 5.22. The van der Waals surface area contributed by atoms with Crippen LogP contribution in [0.2, 0.25) is 0 Å². The molecular formula is C12H17NO2. The van der Waals surface area contributed by atoms with E-state index in [0.29, 0.717) is 6.04 Å². The third-order valence-corrected chi connectivity index (χ3v) is 2.69. The Bertz CT molecular complexity index is 334. The highest BCUT2D eigenvalue weighted by Gasteiger charge is 2.16. The molecule has 1 heterocycles. The van der Waals surface area contributed by atoms with Crippen LogP contribution in [0.3, 0.4) is 0 Å². The summed E-state index contributed by atoms with van der Waals surface area (Å²) in [5.74, 6) is 0.950. The molecule has 0 saturated carbocycles. The number of ether oxygens (including phenoxy) is 2. The molecule has 1 aromatic carbocycles. The molecular weight excluding hydrogens is 190 g/mol. The molecule has 15 heavy (non-hydrogen) atoms. The van der Waals surface area contributed by atoms with Crippen molar-refractivity contribution in [2.45, 2.75) is 19.5 Å². The summed E-state index contributed by atoms with van der Waals surface area (Å²) >= 11 is 0. The van der Waals surface area contributed by atoms with Crippen LogP contribution in [0.5, 0.6) is 5.75 Å². The second kappa shape index (κ2) is 4.64. The molecule has 0 aromatic heterocycles. The number of methoxy groups -OCH3 is 1. The van der Waals surface area contributed by atoms with E-state index in [2.05, 4.69) is 24.4 Å². The van der Waals surface area contributed by atoms with Crippen LogP contribution < -0.4 is 10.1 Å². The lowest BCUT2D eigenvalue weighted by atomic mass is 10.1. The van der Waals surface area contributed by atoms with Crippen LogP contribution in [0.15, 0.2) is 18.2 Å². The first kappa shape index (κ1) is 10.5. The van der Waals surface area contributed by atoms with Gasteiger partial charge in [-0.3, -0.25) is 0 Å². The Morgan fingerprint density at radius 3 is 2.80 bits per heavy atom. The highest BCUT2D eigenvalue weighted by molar-refractivity contribution is 5.36. The second-order valence-corrected chi connectivity index (χ2v) is 3.92. The Morgan fingerprint density at radius 1 is 1.47 bits per heavy atom. The van der Waals surface area contributed by atoms with Gasteiger partial charge >= 0.3 is 0 Å². The molecule has 0 bridgehead atoms. The quantitative estimate of drug-likeness (QED) is 0.811. The second-order valence-electron chi connectivity index (χ2n) is 3.92. The molecule has 2 rings (SSSR count). The molecule has 0 aliphatic carbocycles. The molecule has 1 N–H and O–H groups in total. The number of aryl methyl sites for hydroxylation is 1. The average Bonchev–Trinajstić information content (AvgIpc) is 2.16. The van der Waals surface area contributed by atoms with E-state index in [4.69, 9.17) is 9.47 Å². The first-order valence-corrected chi connectivity index (χ1v) is 5.24. The topological polar surface area (TPSA) is 30.5 Å². The standard InChI is InChI=1S/C12H17NO2/c1-9-5-10(3-4-12(9)14-2)6-13-11-7-15-8-11/h3-5,11,13H,6-8H2,1-2H3. The van der Waals surface area contributed by atoms with Gasteiger partial charge in [-0.15, -0.1) is 0 Å². The van der Waals surface area contributed by atoms with E-state index in [1.807, 2.05) is 6.07 Å². The van der Waals surface area contributed by atoms with Gasteiger partial charge in [0.1, 0.15) is 5.75 Å². The highest BCUT2D eigenvalue weighted by atomic mass is 16.5. The molecule has 82 valence electrons. The fourth-order valence-corrected chi connectivity index (χ4v) is 1.67. The third kappa shape index (κ3) is 2.49. The van der Waals surface area contributed by atoms with Crippen molar-refractivity contribution in [1.82, 2.24) is 5.32 Å². The fraction of sp³-hybridized carbons (Fsp3) is 0.500. The molecule has 1 aliphatic heterocycles. The minimum atomic E-state index is 0.535. The monoisotopic (exact) mass is 207 g/mol. The third-order valence-electron chi connectivity index (χ3n) is 2.69. The van der Waals surface area contributed by atoms with Crippen molar-refractivity contribution < 1.29 is 9.47 Å². The van der Waals surface area contributed by atoms with E-state index >= 15 is 0 Å². The maximum Gasteiger partial charge on any atom is 0.121 e. The molecule has 1 saturated heterocycles. The fourth-order valence-electron chi connectivity index (χ4n) is 1.67. The summed E-state index contributed by atoms with van der Waals surface area (Å²) in [7, 11) is 1.70. The van der Waals surface area contributed by atoms with Gasteiger partial charge in [0.05, 0.1) is 26.4 Å². The molecule has 1 aliphatic rings. The Kier molecular flexibility index (Phi) is 3.23. The van der Waals surface area contributed by atoms with E-state index in [-0.39, 0.29) is 0 Å². The van der Waals surface area contributed by atoms with Crippen molar-refractivity contribution in [3.63, 3.8) is 0 Å². The maximum absolute atomic E-state index is 5.22. The van der Waals surface area contributed by atoms with Crippen molar-refractivity contribution in [2.75, 3.05) is 20.3 Å². The van der Waals surface area contributed by atoms with Crippen molar-refractivity contribution in [2.24, 2.45) is 0 Å². The van der Waals surface area contributed by atoms with Crippen LogP contribution in [0.25, 0.3) is 0 Å². The van der Waals surface area contributed by atoms with Gasteiger partial charge in [-0.25, -0.2) is 0 Å². The number of rotatable bonds is 4. The zero-order valence-electron chi connectivity index (χ0n) is 9.25. The van der Waals surface area contributed by atoms with Crippen LogP contribution in [0.1, 0.15) is 11.1 Å². The van der Waals surface area contributed by atoms with Gasteiger partial charge in [0.25, 0.3) is 0 Å². The first-order valence-electron chi connectivity index (χ1n) is 5.24. The largest absolute Gasteiger partial charge is 0.496 e. The first-order chi connectivity index (χ1) is 7.29. The summed E-state index contributed by atoms with van der Waals surface area (Å²) in [6.45, 7) is 4.65. The molecule has 0 unspecified atom stereocenters. The molecule has 0 spiro atoms. The predicted octanol–water partition coefficient (Wildman–Crippen LogP) is 1.49. The van der Waals surface area contributed by atoms with E-state index in [9.17, 15) is 0 Å². The highest BCUT2D eigenvalue weighted by Crippen LogP contribution is 2.18. The Hall–Kier alpha value is -1.06. The van der Waals surface area contributed by atoms with Crippen molar-refractivity contribution in [3.8, 4) is 5.75 Å². The summed E-state index contributed by atoms with van der Waals surface area (Å²) < 4.78 is 10.3. The summed E-state index contributed by atoms with van der Waals surface area (Å²) in [4.78, 5) is 0. The summed E-state index contributed by atoms with van der Waals surface area (Å²) in [6, 6.07) is 6.81. The van der Waals surface area contributed by atoms with Crippen LogP contribution in [-0.2, 0) is 11.3 Å². The van der Waals surface area contributed by atoms with Crippen molar-refractivity contribution >= 4 is 0 Å². The summed E-state index contributed by atoms with van der Waals surface area (Å²) in [5.41, 5.74) is 2.47. The van der Waals surface area contributed by atoms with E-state index in [0.717, 1.165) is 25.5 Å². The van der Waals surface area contributed by atoms with Gasteiger partial charge in [-0.05, 0) is 24.1 Å². The van der Waals surface area contributed by atoms with Gasteiger partial charge < -0.3 is 14.8 Å². The van der Waals surface area contributed by atoms with Crippen LogP contribution in [0, 0.1) is 6.92 Å². The number of hydrogen-bond acceptors (Lipinski definition) is 3. The number of benzene rings is 1. The molecule has 1 fully saturated rings. The lowest BCUT2D eigenvalue weighted by molar-refractivity contribution is -0.00578. The Labute approximate surface area is 90.4 Å². The van der Waals surface area contributed by atoms with Gasteiger partial charge in [-0.2, -0.15) is 0 Å².